The SMILES string of the molecule is Cn1c(C2CB(C#N)C2)cc2nnc(Cl)cc21. The van der Waals surface area contributed by atoms with E-state index in [1.54, 1.807) is 0 Å². The van der Waals surface area contributed by atoms with Crippen LogP contribution < -0.4 is 0 Å². The summed E-state index contributed by atoms with van der Waals surface area (Å²) in [6.07, 6.45) is 1.89. The van der Waals surface area contributed by atoms with Crippen molar-refractivity contribution in [1.82, 2.24) is 14.8 Å². The Kier molecular flexibility index (Phi) is 2.34. The number of hydrogen-bond acceptors (Lipinski definition) is 3. The summed E-state index contributed by atoms with van der Waals surface area (Å²) in [5, 5.41) is 17.1. The fraction of sp³-hybridized carbons (Fsp3) is 0.364. The minimum Gasteiger partial charge on any atom is -0.346 e. The van der Waals surface area contributed by atoms with Crippen molar-refractivity contribution in [2.75, 3.05) is 0 Å². The quantitative estimate of drug-likeness (QED) is 0.723. The van der Waals surface area contributed by atoms with Crippen molar-refractivity contribution in [2.24, 2.45) is 7.05 Å². The van der Waals surface area contributed by atoms with Gasteiger partial charge in [0.2, 0.25) is 0 Å². The molecule has 6 heteroatoms. The Bertz CT molecular complexity index is 624. The number of halogens is 1. The molecule has 0 unspecified atom stereocenters. The van der Waals surface area contributed by atoms with Gasteiger partial charge in [-0.3, -0.25) is 0 Å². The van der Waals surface area contributed by atoms with Gasteiger partial charge in [-0.05, 0) is 12.0 Å². The minimum absolute atomic E-state index is 0.215. The molecule has 1 aliphatic rings. The van der Waals surface area contributed by atoms with Crippen LogP contribution in [-0.4, -0.2) is 21.5 Å². The normalized spacial score (nSPS) is 15.9. The maximum atomic E-state index is 8.80. The Morgan fingerprint density at radius 1 is 1.47 bits per heavy atom. The largest absolute Gasteiger partial charge is 0.346 e. The van der Waals surface area contributed by atoms with E-state index in [-0.39, 0.29) is 6.71 Å². The van der Waals surface area contributed by atoms with E-state index < -0.39 is 0 Å². The molecule has 4 nitrogen and oxygen atoms in total. The molecular formula is C11H10BClN4. The summed E-state index contributed by atoms with van der Waals surface area (Å²) in [6.45, 7) is 0.215. The molecule has 0 aromatic carbocycles. The maximum Gasteiger partial charge on any atom is 0.269 e. The first-order valence-electron chi connectivity index (χ1n) is 5.57. The van der Waals surface area contributed by atoms with Crippen LogP contribution in [0.5, 0.6) is 0 Å². The fourth-order valence-electron chi connectivity index (χ4n) is 2.47. The summed E-state index contributed by atoms with van der Waals surface area (Å²) in [7, 11) is 2.01. The van der Waals surface area contributed by atoms with Crippen molar-refractivity contribution in [1.29, 1.82) is 5.26 Å². The first-order valence-corrected chi connectivity index (χ1v) is 5.95. The topological polar surface area (TPSA) is 54.5 Å². The summed E-state index contributed by atoms with van der Waals surface area (Å²) in [6, 6.07) is 3.88. The van der Waals surface area contributed by atoms with E-state index >= 15 is 0 Å². The smallest absolute Gasteiger partial charge is 0.269 e. The molecule has 0 bridgehead atoms. The van der Waals surface area contributed by atoms with E-state index in [4.69, 9.17) is 16.9 Å². The highest BCUT2D eigenvalue weighted by Gasteiger charge is 2.35. The Balaban J connectivity index is 2.02. The zero-order valence-electron chi connectivity index (χ0n) is 9.39. The Morgan fingerprint density at radius 3 is 2.94 bits per heavy atom. The van der Waals surface area contributed by atoms with Crippen molar-refractivity contribution >= 4 is 29.3 Å². The second kappa shape index (κ2) is 3.74. The lowest BCUT2D eigenvalue weighted by molar-refractivity contribution is 0.699. The lowest BCUT2D eigenvalue weighted by Crippen LogP contribution is -2.29. The summed E-state index contributed by atoms with van der Waals surface area (Å²) in [5.41, 5.74) is 3.09. The molecule has 84 valence electrons. The van der Waals surface area contributed by atoms with E-state index in [9.17, 15) is 0 Å². The molecule has 1 aliphatic heterocycles. The first kappa shape index (κ1) is 10.6. The van der Waals surface area contributed by atoms with E-state index in [1.165, 1.54) is 5.69 Å². The highest BCUT2D eigenvalue weighted by atomic mass is 35.5. The zero-order valence-corrected chi connectivity index (χ0v) is 10.1. The van der Waals surface area contributed by atoms with Gasteiger partial charge in [-0.25, -0.2) is 5.26 Å². The number of nitrogens with zero attached hydrogens (tertiary/aromatic N) is 4. The third-order valence-electron chi connectivity index (χ3n) is 3.54. The van der Waals surface area contributed by atoms with Crippen LogP contribution in [0.2, 0.25) is 17.8 Å². The summed E-state index contributed by atoms with van der Waals surface area (Å²) in [4.78, 5) is 0. The average Bonchev–Trinajstić information content (AvgIpc) is 2.56. The van der Waals surface area contributed by atoms with Crippen LogP contribution in [0.4, 0.5) is 0 Å². The van der Waals surface area contributed by atoms with Crippen LogP contribution in [0.15, 0.2) is 12.1 Å². The number of hydrogen-bond donors (Lipinski definition) is 0. The second-order valence-corrected chi connectivity index (χ2v) is 4.95. The monoisotopic (exact) mass is 244 g/mol. The molecule has 17 heavy (non-hydrogen) atoms. The van der Waals surface area contributed by atoms with Gasteiger partial charge in [-0.15, -0.1) is 10.2 Å². The third-order valence-corrected chi connectivity index (χ3v) is 3.73. The predicted molar refractivity (Wildman–Crippen MR) is 67.2 cm³/mol. The van der Waals surface area contributed by atoms with Gasteiger partial charge in [0.1, 0.15) is 5.52 Å². The van der Waals surface area contributed by atoms with Crippen LogP contribution >= 0.6 is 11.6 Å². The van der Waals surface area contributed by atoms with Gasteiger partial charge in [0.05, 0.1) is 5.52 Å². The third kappa shape index (κ3) is 1.60. The van der Waals surface area contributed by atoms with Gasteiger partial charge in [0.15, 0.2) is 5.15 Å². The lowest BCUT2D eigenvalue weighted by Gasteiger charge is -2.28. The highest BCUT2D eigenvalue weighted by Crippen LogP contribution is 2.39. The summed E-state index contributed by atoms with van der Waals surface area (Å²) in [5.74, 6) is 2.78. The zero-order chi connectivity index (χ0) is 12.0. The first-order chi connectivity index (χ1) is 8.19. The lowest BCUT2D eigenvalue weighted by atomic mass is 9.32. The standard InChI is InChI=1S/C11H10BClN4/c1-17-9(7-4-12(5-7)6-14)2-8-10(17)3-11(13)16-15-8/h2-3,7H,4-5H2,1H3. The van der Waals surface area contributed by atoms with Gasteiger partial charge in [-0.1, -0.05) is 24.2 Å². The van der Waals surface area contributed by atoms with Crippen LogP contribution in [0, 0.1) is 11.2 Å². The van der Waals surface area contributed by atoms with Gasteiger partial charge in [0, 0.05) is 24.8 Å². The molecule has 2 aromatic rings. The van der Waals surface area contributed by atoms with Crippen molar-refractivity contribution in [2.45, 2.75) is 18.6 Å². The van der Waals surface area contributed by atoms with E-state index in [0.717, 1.165) is 23.7 Å². The predicted octanol–water partition coefficient (Wildman–Crippen LogP) is 2.28. The van der Waals surface area contributed by atoms with Crippen LogP contribution in [-0.2, 0) is 7.05 Å². The molecule has 1 fully saturated rings. The maximum absolute atomic E-state index is 8.80. The van der Waals surface area contributed by atoms with E-state index in [2.05, 4.69) is 26.8 Å². The number of nitriles is 1. The van der Waals surface area contributed by atoms with Crippen LogP contribution in [0.25, 0.3) is 11.0 Å². The molecule has 0 atom stereocenters. The Morgan fingerprint density at radius 2 is 2.24 bits per heavy atom. The second-order valence-electron chi connectivity index (χ2n) is 4.56. The number of aromatic nitrogens is 3. The van der Waals surface area contributed by atoms with Crippen LogP contribution in [0.3, 0.4) is 0 Å². The number of aryl methyl sites for hydroxylation is 1. The number of rotatable bonds is 1. The van der Waals surface area contributed by atoms with Crippen molar-refractivity contribution < 1.29 is 0 Å². The molecule has 0 N–H and O–H groups in total. The Labute approximate surface area is 104 Å². The van der Waals surface area contributed by atoms with Gasteiger partial charge in [-0.2, -0.15) is 0 Å². The molecule has 0 saturated carbocycles. The molecule has 3 heterocycles. The van der Waals surface area contributed by atoms with E-state index in [1.807, 2.05) is 13.1 Å². The molecule has 0 spiro atoms. The van der Waals surface area contributed by atoms with Crippen molar-refractivity contribution in [3.8, 4) is 5.97 Å². The average molecular weight is 244 g/mol. The van der Waals surface area contributed by atoms with Crippen LogP contribution in [0.1, 0.15) is 11.6 Å². The van der Waals surface area contributed by atoms with E-state index in [0.29, 0.717) is 11.1 Å². The highest BCUT2D eigenvalue weighted by molar-refractivity contribution is 6.70. The molecular weight excluding hydrogens is 234 g/mol. The molecule has 1 saturated heterocycles. The van der Waals surface area contributed by atoms with Crippen molar-refractivity contribution in [3.05, 3.63) is 23.0 Å². The fourth-order valence-corrected chi connectivity index (χ4v) is 2.61. The molecule has 0 radical (unpaired) electrons. The minimum atomic E-state index is 0.215. The summed E-state index contributed by atoms with van der Waals surface area (Å²) >= 11 is 5.84. The Hall–Kier alpha value is -1.54. The van der Waals surface area contributed by atoms with Gasteiger partial charge in [0.25, 0.3) is 6.71 Å². The number of fused-ring (bicyclic) bond motifs is 1. The van der Waals surface area contributed by atoms with Crippen molar-refractivity contribution in [3.63, 3.8) is 0 Å². The molecule has 2 aromatic heterocycles. The molecule has 0 amide bonds. The van der Waals surface area contributed by atoms with Gasteiger partial charge < -0.3 is 4.57 Å². The summed E-state index contributed by atoms with van der Waals surface area (Å²) < 4.78 is 2.11. The molecule has 3 rings (SSSR count). The van der Waals surface area contributed by atoms with Gasteiger partial charge >= 0.3 is 0 Å². The molecule has 0 aliphatic carbocycles.